The second kappa shape index (κ2) is 4.65. The molecule has 0 atom stereocenters. The van der Waals surface area contributed by atoms with Gasteiger partial charge in [0.05, 0.1) is 0 Å². The molecule has 0 unspecified atom stereocenters. The van der Waals surface area contributed by atoms with Crippen molar-refractivity contribution in [1.82, 2.24) is 5.32 Å². The largest absolute Gasteiger partial charge is 0.317 e. The van der Waals surface area contributed by atoms with Crippen LogP contribution in [0.1, 0.15) is 38.5 Å². The van der Waals surface area contributed by atoms with Gasteiger partial charge in [0.15, 0.2) is 0 Å². The standard InChI is InChI=1S/C11H20ClN/c12-11-3-1-9(2-4-11)10-5-7-13-8-6-10/h9-11,13H,1-8H2/t9-,11+. The quantitative estimate of drug-likeness (QED) is 0.644. The highest BCUT2D eigenvalue weighted by Gasteiger charge is 2.27. The van der Waals surface area contributed by atoms with Gasteiger partial charge in [-0.05, 0) is 63.5 Å². The molecule has 76 valence electrons. The third-order valence-corrected chi connectivity index (χ3v) is 4.19. The van der Waals surface area contributed by atoms with Crippen molar-refractivity contribution < 1.29 is 0 Å². The Labute approximate surface area is 86.2 Å². The van der Waals surface area contributed by atoms with Gasteiger partial charge in [-0.2, -0.15) is 0 Å². The molecule has 1 aliphatic heterocycles. The van der Waals surface area contributed by atoms with E-state index in [0.717, 1.165) is 11.8 Å². The summed E-state index contributed by atoms with van der Waals surface area (Å²) >= 11 is 6.11. The molecule has 2 aliphatic rings. The molecule has 0 radical (unpaired) electrons. The van der Waals surface area contributed by atoms with Gasteiger partial charge in [0.2, 0.25) is 0 Å². The molecule has 1 saturated carbocycles. The molecule has 1 nitrogen and oxygen atoms in total. The third-order valence-electron chi connectivity index (χ3n) is 3.75. The van der Waals surface area contributed by atoms with Crippen LogP contribution >= 0.6 is 11.6 Å². The summed E-state index contributed by atoms with van der Waals surface area (Å²) in [6, 6.07) is 0. The highest BCUT2D eigenvalue weighted by molar-refractivity contribution is 6.20. The second-order valence-electron chi connectivity index (χ2n) is 4.60. The monoisotopic (exact) mass is 201 g/mol. The normalized spacial score (nSPS) is 37.6. The maximum Gasteiger partial charge on any atom is 0.0336 e. The minimum atomic E-state index is 0.484. The lowest BCUT2D eigenvalue weighted by Gasteiger charge is -2.34. The minimum absolute atomic E-state index is 0.484. The Kier molecular flexibility index (Phi) is 3.51. The van der Waals surface area contributed by atoms with Crippen LogP contribution in [0.25, 0.3) is 0 Å². The van der Waals surface area contributed by atoms with Crippen LogP contribution in [0.2, 0.25) is 0 Å². The number of piperidine rings is 1. The van der Waals surface area contributed by atoms with Gasteiger partial charge in [-0.15, -0.1) is 11.6 Å². The number of hydrogen-bond donors (Lipinski definition) is 1. The smallest absolute Gasteiger partial charge is 0.0336 e. The number of rotatable bonds is 1. The summed E-state index contributed by atoms with van der Waals surface area (Å²) in [5.74, 6) is 2.00. The second-order valence-corrected chi connectivity index (χ2v) is 5.22. The fourth-order valence-corrected chi connectivity index (χ4v) is 3.12. The van der Waals surface area contributed by atoms with E-state index < -0.39 is 0 Å². The molecular formula is C11H20ClN. The van der Waals surface area contributed by atoms with E-state index in [9.17, 15) is 0 Å². The molecule has 13 heavy (non-hydrogen) atoms. The third kappa shape index (κ3) is 2.60. The minimum Gasteiger partial charge on any atom is -0.317 e. The van der Waals surface area contributed by atoms with E-state index in [-0.39, 0.29) is 0 Å². The van der Waals surface area contributed by atoms with Crippen LogP contribution in [0.5, 0.6) is 0 Å². The predicted molar refractivity (Wildman–Crippen MR) is 57.2 cm³/mol. The lowest BCUT2D eigenvalue weighted by molar-refractivity contribution is 0.205. The van der Waals surface area contributed by atoms with Crippen LogP contribution in [-0.4, -0.2) is 18.5 Å². The van der Waals surface area contributed by atoms with Crippen molar-refractivity contribution in [3.05, 3.63) is 0 Å². The van der Waals surface area contributed by atoms with Crippen molar-refractivity contribution in [3.8, 4) is 0 Å². The molecule has 1 aliphatic carbocycles. The number of alkyl halides is 1. The van der Waals surface area contributed by atoms with E-state index in [4.69, 9.17) is 11.6 Å². The van der Waals surface area contributed by atoms with Gasteiger partial charge < -0.3 is 5.32 Å². The summed E-state index contributed by atoms with van der Waals surface area (Å²) < 4.78 is 0. The fraction of sp³-hybridized carbons (Fsp3) is 1.00. The molecule has 0 amide bonds. The SMILES string of the molecule is Cl[C@H]1CC[C@@H](C2CCNCC2)CC1. The van der Waals surface area contributed by atoms with Crippen LogP contribution in [0, 0.1) is 11.8 Å². The van der Waals surface area contributed by atoms with Crippen LogP contribution in [-0.2, 0) is 0 Å². The Hall–Kier alpha value is 0.250. The van der Waals surface area contributed by atoms with E-state index in [1.165, 1.54) is 51.6 Å². The van der Waals surface area contributed by atoms with Crippen molar-refractivity contribution in [2.24, 2.45) is 11.8 Å². The van der Waals surface area contributed by atoms with Gasteiger partial charge in [-0.1, -0.05) is 0 Å². The Bertz CT molecular complexity index is 146. The average molecular weight is 202 g/mol. The summed E-state index contributed by atoms with van der Waals surface area (Å²) in [5.41, 5.74) is 0. The van der Waals surface area contributed by atoms with E-state index >= 15 is 0 Å². The van der Waals surface area contributed by atoms with Crippen LogP contribution in [0.4, 0.5) is 0 Å². The van der Waals surface area contributed by atoms with Crippen LogP contribution < -0.4 is 5.32 Å². The van der Waals surface area contributed by atoms with Crippen LogP contribution in [0.3, 0.4) is 0 Å². The van der Waals surface area contributed by atoms with Crippen LogP contribution in [0.15, 0.2) is 0 Å². The number of halogens is 1. The van der Waals surface area contributed by atoms with Gasteiger partial charge in [0, 0.05) is 5.38 Å². The summed E-state index contributed by atoms with van der Waals surface area (Å²) in [7, 11) is 0. The number of nitrogens with one attached hydrogen (secondary N) is 1. The first-order valence-electron chi connectivity index (χ1n) is 5.71. The molecule has 1 saturated heterocycles. The van der Waals surface area contributed by atoms with E-state index in [2.05, 4.69) is 5.32 Å². The van der Waals surface area contributed by atoms with Gasteiger partial charge >= 0.3 is 0 Å². The van der Waals surface area contributed by atoms with E-state index in [1.807, 2.05) is 0 Å². The molecule has 0 bridgehead atoms. The first kappa shape index (κ1) is 9.79. The Balaban J connectivity index is 1.79. The van der Waals surface area contributed by atoms with E-state index in [1.54, 1.807) is 0 Å². The Morgan fingerprint density at radius 2 is 1.31 bits per heavy atom. The fourth-order valence-electron chi connectivity index (χ4n) is 2.87. The Morgan fingerprint density at radius 3 is 1.92 bits per heavy atom. The molecule has 1 N–H and O–H groups in total. The average Bonchev–Trinajstić information content (AvgIpc) is 2.20. The molecule has 0 aromatic heterocycles. The van der Waals surface area contributed by atoms with E-state index in [0.29, 0.717) is 5.38 Å². The summed E-state index contributed by atoms with van der Waals surface area (Å²) in [5, 5.41) is 3.92. The van der Waals surface area contributed by atoms with Crippen molar-refractivity contribution >= 4 is 11.6 Å². The van der Waals surface area contributed by atoms with Crippen molar-refractivity contribution in [2.45, 2.75) is 43.9 Å². The first-order valence-corrected chi connectivity index (χ1v) is 6.14. The first-order chi connectivity index (χ1) is 6.36. The maximum atomic E-state index is 6.11. The zero-order valence-corrected chi connectivity index (χ0v) is 9.02. The molecule has 2 fully saturated rings. The number of hydrogen-bond acceptors (Lipinski definition) is 1. The van der Waals surface area contributed by atoms with Crippen molar-refractivity contribution in [3.63, 3.8) is 0 Å². The molecule has 2 heteroatoms. The van der Waals surface area contributed by atoms with Gasteiger partial charge in [-0.3, -0.25) is 0 Å². The molecular weight excluding hydrogens is 182 g/mol. The lowest BCUT2D eigenvalue weighted by Crippen LogP contribution is -2.33. The van der Waals surface area contributed by atoms with Crippen molar-refractivity contribution in [1.29, 1.82) is 0 Å². The topological polar surface area (TPSA) is 12.0 Å². The Morgan fingerprint density at radius 1 is 0.769 bits per heavy atom. The molecule has 2 rings (SSSR count). The summed E-state index contributed by atoms with van der Waals surface area (Å²) in [6.07, 6.45) is 8.10. The summed E-state index contributed by atoms with van der Waals surface area (Å²) in [6.45, 7) is 2.48. The summed E-state index contributed by atoms with van der Waals surface area (Å²) in [4.78, 5) is 0. The molecule has 0 aromatic carbocycles. The van der Waals surface area contributed by atoms with Gasteiger partial charge in [-0.25, -0.2) is 0 Å². The zero-order valence-electron chi connectivity index (χ0n) is 8.27. The molecule has 0 spiro atoms. The molecule has 1 heterocycles. The van der Waals surface area contributed by atoms with Crippen molar-refractivity contribution in [2.75, 3.05) is 13.1 Å². The zero-order chi connectivity index (χ0) is 9.10. The highest BCUT2D eigenvalue weighted by atomic mass is 35.5. The predicted octanol–water partition coefficient (Wildman–Crippen LogP) is 2.78. The molecule has 0 aromatic rings. The lowest BCUT2D eigenvalue weighted by atomic mass is 9.76. The highest BCUT2D eigenvalue weighted by Crippen LogP contribution is 2.35. The van der Waals surface area contributed by atoms with Gasteiger partial charge in [0.25, 0.3) is 0 Å². The maximum absolute atomic E-state index is 6.11. The van der Waals surface area contributed by atoms with Gasteiger partial charge in [0.1, 0.15) is 0 Å².